The molecule has 0 spiro atoms. The van der Waals surface area contributed by atoms with Crippen molar-refractivity contribution >= 4 is 0 Å². The maximum absolute atomic E-state index is 5.70. The van der Waals surface area contributed by atoms with Gasteiger partial charge in [-0.25, -0.2) is 0 Å². The van der Waals surface area contributed by atoms with Crippen molar-refractivity contribution in [2.45, 2.75) is 13.0 Å². The van der Waals surface area contributed by atoms with Crippen LogP contribution in [-0.4, -0.2) is 45.3 Å². The lowest BCUT2D eigenvalue weighted by Gasteiger charge is -2.17. The van der Waals surface area contributed by atoms with Gasteiger partial charge in [0.25, 0.3) is 0 Å². The van der Waals surface area contributed by atoms with Crippen molar-refractivity contribution in [3.05, 3.63) is 23.8 Å². The number of fused-ring (bicyclic) bond motifs is 1. The normalized spacial score (nSPS) is 14.6. The molecule has 1 aliphatic rings. The van der Waals surface area contributed by atoms with Crippen molar-refractivity contribution in [3.8, 4) is 11.5 Å². The first kappa shape index (κ1) is 13.2. The van der Waals surface area contributed by atoms with E-state index in [-0.39, 0.29) is 0 Å². The Morgan fingerprint density at radius 3 is 2.78 bits per heavy atom. The quantitative estimate of drug-likeness (QED) is 0.858. The molecule has 0 aromatic heterocycles. The molecule has 0 saturated carbocycles. The van der Waals surface area contributed by atoms with E-state index in [0.717, 1.165) is 50.8 Å². The number of hydrogen-bond donors (Lipinski definition) is 1. The molecule has 0 atom stereocenters. The monoisotopic (exact) mass is 250 g/mol. The second-order valence-corrected chi connectivity index (χ2v) is 4.67. The highest BCUT2D eigenvalue weighted by atomic mass is 16.5. The van der Waals surface area contributed by atoms with E-state index in [1.165, 1.54) is 5.56 Å². The highest BCUT2D eigenvalue weighted by Gasteiger charge is 2.11. The van der Waals surface area contributed by atoms with Crippen LogP contribution >= 0.6 is 0 Å². The number of benzene rings is 1. The molecule has 18 heavy (non-hydrogen) atoms. The van der Waals surface area contributed by atoms with Crippen LogP contribution in [0.1, 0.15) is 12.0 Å². The zero-order valence-electron chi connectivity index (χ0n) is 11.2. The minimum atomic E-state index is 0.742. The van der Waals surface area contributed by atoms with Crippen LogP contribution in [-0.2, 0) is 6.54 Å². The largest absolute Gasteiger partial charge is 0.490 e. The molecule has 4 heteroatoms. The van der Waals surface area contributed by atoms with Crippen molar-refractivity contribution in [1.82, 2.24) is 10.2 Å². The lowest BCUT2D eigenvalue weighted by Crippen LogP contribution is -2.26. The Bertz CT molecular complexity index is 382. The predicted octanol–water partition coefficient (Wildman–Crippen LogP) is 1.50. The average molecular weight is 250 g/mol. The van der Waals surface area contributed by atoms with E-state index in [1.54, 1.807) is 0 Å². The Morgan fingerprint density at radius 1 is 1.22 bits per heavy atom. The van der Waals surface area contributed by atoms with Crippen molar-refractivity contribution in [2.24, 2.45) is 0 Å². The summed E-state index contributed by atoms with van der Waals surface area (Å²) in [6.45, 7) is 4.45. The summed E-state index contributed by atoms with van der Waals surface area (Å²) in [5, 5.41) is 3.16. The second kappa shape index (κ2) is 6.61. The van der Waals surface area contributed by atoms with Crippen LogP contribution in [0.3, 0.4) is 0 Å². The summed E-state index contributed by atoms with van der Waals surface area (Å²) in [7, 11) is 4.10. The molecule has 0 saturated heterocycles. The van der Waals surface area contributed by atoms with Crippen LogP contribution in [0.25, 0.3) is 0 Å². The van der Waals surface area contributed by atoms with Crippen LogP contribution in [0.5, 0.6) is 11.5 Å². The van der Waals surface area contributed by atoms with E-state index in [0.29, 0.717) is 0 Å². The van der Waals surface area contributed by atoms with E-state index in [4.69, 9.17) is 9.47 Å². The summed E-state index contributed by atoms with van der Waals surface area (Å²) in [4.78, 5) is 2.29. The van der Waals surface area contributed by atoms with Crippen LogP contribution in [0.4, 0.5) is 0 Å². The second-order valence-electron chi connectivity index (χ2n) is 4.67. The molecule has 0 radical (unpaired) electrons. The van der Waals surface area contributed by atoms with Gasteiger partial charge in [-0.3, -0.25) is 0 Å². The standard InChI is InChI=1S/C14H22N2O2/c1-15-6-7-16(2)11-12-4-5-13-14(10-12)18-9-3-8-17-13/h4-5,10,15H,3,6-9,11H2,1-2H3. The number of ether oxygens (including phenoxy) is 2. The topological polar surface area (TPSA) is 33.7 Å². The van der Waals surface area contributed by atoms with Crippen LogP contribution in [0, 0.1) is 0 Å². The molecule has 0 aliphatic carbocycles. The van der Waals surface area contributed by atoms with Crippen LogP contribution < -0.4 is 14.8 Å². The predicted molar refractivity (Wildman–Crippen MR) is 72.3 cm³/mol. The third kappa shape index (κ3) is 3.62. The van der Waals surface area contributed by atoms with E-state index in [2.05, 4.69) is 29.4 Å². The number of nitrogens with one attached hydrogen (secondary N) is 1. The lowest BCUT2D eigenvalue weighted by molar-refractivity contribution is 0.296. The number of nitrogens with zero attached hydrogens (tertiary/aromatic N) is 1. The summed E-state index contributed by atoms with van der Waals surface area (Å²) < 4.78 is 11.3. The SMILES string of the molecule is CNCCN(C)Cc1ccc2c(c1)OCCCO2. The van der Waals surface area contributed by atoms with Gasteiger partial charge in [0.2, 0.25) is 0 Å². The third-order valence-electron chi connectivity index (χ3n) is 3.01. The first-order chi connectivity index (χ1) is 8.79. The van der Waals surface area contributed by atoms with Crippen LogP contribution in [0.15, 0.2) is 18.2 Å². The van der Waals surface area contributed by atoms with E-state index in [9.17, 15) is 0 Å². The maximum atomic E-state index is 5.70. The fraction of sp³-hybridized carbons (Fsp3) is 0.571. The molecule has 0 amide bonds. The van der Waals surface area contributed by atoms with Crippen molar-refractivity contribution < 1.29 is 9.47 Å². The van der Waals surface area contributed by atoms with Gasteiger partial charge in [-0.2, -0.15) is 0 Å². The molecule has 4 nitrogen and oxygen atoms in total. The zero-order valence-corrected chi connectivity index (χ0v) is 11.2. The summed E-state index contributed by atoms with van der Waals surface area (Å²) in [6.07, 6.45) is 0.950. The summed E-state index contributed by atoms with van der Waals surface area (Å²) in [5.41, 5.74) is 1.26. The lowest BCUT2D eigenvalue weighted by atomic mass is 10.2. The maximum Gasteiger partial charge on any atom is 0.161 e. The van der Waals surface area contributed by atoms with Gasteiger partial charge in [0.1, 0.15) is 0 Å². The van der Waals surface area contributed by atoms with E-state index in [1.807, 2.05) is 13.1 Å². The van der Waals surface area contributed by atoms with Gasteiger partial charge in [0.05, 0.1) is 13.2 Å². The van der Waals surface area contributed by atoms with Gasteiger partial charge in [-0.15, -0.1) is 0 Å². The highest BCUT2D eigenvalue weighted by molar-refractivity contribution is 5.43. The molecule has 1 aromatic carbocycles. The van der Waals surface area contributed by atoms with Gasteiger partial charge < -0.3 is 19.7 Å². The Kier molecular flexibility index (Phi) is 4.84. The zero-order chi connectivity index (χ0) is 12.8. The molecule has 100 valence electrons. The van der Waals surface area contributed by atoms with Crippen molar-refractivity contribution in [1.29, 1.82) is 0 Å². The molecular weight excluding hydrogens is 228 g/mol. The van der Waals surface area contributed by atoms with E-state index < -0.39 is 0 Å². The third-order valence-corrected chi connectivity index (χ3v) is 3.01. The summed E-state index contributed by atoms with van der Waals surface area (Å²) in [5.74, 6) is 1.75. The Hall–Kier alpha value is -1.26. The fourth-order valence-corrected chi connectivity index (χ4v) is 2.00. The number of likely N-dealkylation sites (N-methyl/N-ethyl adjacent to an activating group) is 2. The van der Waals surface area contributed by atoms with Gasteiger partial charge >= 0.3 is 0 Å². The Morgan fingerprint density at radius 2 is 2.00 bits per heavy atom. The summed E-state index contributed by atoms with van der Waals surface area (Å²) in [6, 6.07) is 6.22. The molecular formula is C14H22N2O2. The Labute approximate surface area is 109 Å². The average Bonchev–Trinajstić information content (AvgIpc) is 2.61. The molecule has 1 N–H and O–H groups in total. The van der Waals surface area contributed by atoms with Crippen LogP contribution in [0.2, 0.25) is 0 Å². The molecule has 0 bridgehead atoms. The Balaban J connectivity index is 1.99. The number of rotatable bonds is 5. The fourth-order valence-electron chi connectivity index (χ4n) is 2.00. The minimum absolute atomic E-state index is 0.742. The minimum Gasteiger partial charge on any atom is -0.490 e. The molecule has 0 fully saturated rings. The van der Waals surface area contributed by atoms with Gasteiger partial charge in [-0.1, -0.05) is 6.07 Å². The number of hydrogen-bond acceptors (Lipinski definition) is 4. The summed E-state index contributed by atoms with van der Waals surface area (Å²) >= 11 is 0. The van der Waals surface area contributed by atoms with Gasteiger partial charge in [-0.05, 0) is 31.8 Å². The van der Waals surface area contributed by atoms with E-state index >= 15 is 0 Å². The molecule has 0 unspecified atom stereocenters. The first-order valence-corrected chi connectivity index (χ1v) is 6.51. The van der Waals surface area contributed by atoms with Crippen molar-refractivity contribution in [3.63, 3.8) is 0 Å². The van der Waals surface area contributed by atoms with Crippen molar-refractivity contribution in [2.75, 3.05) is 40.4 Å². The van der Waals surface area contributed by atoms with Gasteiger partial charge in [0, 0.05) is 26.1 Å². The van der Waals surface area contributed by atoms with Gasteiger partial charge in [0.15, 0.2) is 11.5 Å². The molecule has 2 rings (SSSR count). The first-order valence-electron chi connectivity index (χ1n) is 6.51. The molecule has 1 aliphatic heterocycles. The smallest absolute Gasteiger partial charge is 0.161 e. The highest BCUT2D eigenvalue weighted by Crippen LogP contribution is 2.30. The molecule has 1 aromatic rings. The molecule has 1 heterocycles.